The predicted molar refractivity (Wildman–Crippen MR) is 191 cm³/mol. The molecule has 17 N–H and O–H groups in total. The second-order valence-corrected chi connectivity index (χ2v) is 15.5. The first-order valence-electron chi connectivity index (χ1n) is 19.6. The fraction of sp³-hybridized carbons (Fsp3) is 0.853. The van der Waals surface area contributed by atoms with Crippen LogP contribution in [0.25, 0.3) is 0 Å². The molecule has 31 nitrogen and oxygen atoms in total. The Labute approximate surface area is 364 Å². The molecule has 2 amide bonds. The van der Waals surface area contributed by atoms with Crippen molar-refractivity contribution in [2.45, 2.75) is 167 Å². The maximum atomic E-state index is 12.7. The van der Waals surface area contributed by atoms with Crippen LogP contribution in [-0.4, -0.2) is 273 Å². The normalized spacial score (nSPS) is 47.0. The zero-order chi connectivity index (χ0) is 48.5. The lowest BCUT2D eigenvalue weighted by molar-refractivity contribution is -0.374. The van der Waals surface area contributed by atoms with E-state index in [1.807, 2.05) is 0 Å². The smallest absolute Gasteiger partial charge is 0.335 e. The van der Waals surface area contributed by atoms with Crippen LogP contribution in [0.1, 0.15) is 13.8 Å². The van der Waals surface area contributed by atoms with Gasteiger partial charge in [0.05, 0.1) is 13.2 Å². The molecule has 0 spiro atoms. The summed E-state index contributed by atoms with van der Waals surface area (Å²) in [5, 5.41) is 161. The number of hydrogen-bond acceptors (Lipinski definition) is 26. The van der Waals surface area contributed by atoms with Gasteiger partial charge in [0.2, 0.25) is 11.8 Å². The molecule has 65 heavy (non-hydrogen) atoms. The number of aliphatic hydroxyl groups excluding tert-OH is 12. The van der Waals surface area contributed by atoms with Crippen LogP contribution in [0.3, 0.4) is 0 Å². The van der Waals surface area contributed by atoms with Gasteiger partial charge in [-0.2, -0.15) is 0 Å². The largest absolute Gasteiger partial charge is 0.479 e. The molecule has 1 unspecified atom stereocenters. The fourth-order valence-corrected chi connectivity index (χ4v) is 7.75. The number of ether oxygens (including phenoxy) is 9. The van der Waals surface area contributed by atoms with Crippen molar-refractivity contribution < 1.29 is 143 Å². The maximum Gasteiger partial charge on any atom is 0.335 e. The van der Waals surface area contributed by atoms with Crippen molar-refractivity contribution in [3.05, 3.63) is 0 Å². The molecule has 5 fully saturated rings. The Hall–Kier alpha value is -3.49. The Morgan fingerprint density at radius 3 is 1.15 bits per heavy atom. The minimum Gasteiger partial charge on any atom is -0.479 e. The molecule has 0 saturated carbocycles. The lowest BCUT2D eigenvalue weighted by Gasteiger charge is -2.50. The summed E-state index contributed by atoms with van der Waals surface area (Å²) in [6, 6.07) is -3.77. The van der Waals surface area contributed by atoms with Crippen molar-refractivity contribution in [3.8, 4) is 0 Å². The highest BCUT2D eigenvalue weighted by atomic mass is 16.8. The monoisotopic (exact) mass is 952 g/mol. The molecule has 5 saturated heterocycles. The predicted octanol–water partition coefficient (Wildman–Crippen LogP) is -11.4. The number of carbonyl (C=O) groups excluding carboxylic acids is 2. The molecule has 5 heterocycles. The number of hydrogen-bond donors (Lipinski definition) is 17. The highest BCUT2D eigenvalue weighted by molar-refractivity contribution is 5.75. The molecule has 31 heteroatoms. The summed E-state index contributed by atoms with van der Waals surface area (Å²) in [5.41, 5.74) is 0. The van der Waals surface area contributed by atoms with E-state index >= 15 is 0 Å². The summed E-state index contributed by atoms with van der Waals surface area (Å²) in [6.07, 6.45) is -49.9. The number of amides is 2. The molecule has 0 aromatic rings. The van der Waals surface area contributed by atoms with Gasteiger partial charge >= 0.3 is 17.9 Å². The van der Waals surface area contributed by atoms with Crippen LogP contribution in [0.15, 0.2) is 0 Å². The SMILES string of the molecule is CC(=O)N[C@H]1[C@H](O[C@H]2[C@H](O)[C@@H](O)[C@H](O[C@H]3[C@@H](O)[C@@H](CO)O[C@@H](O[C@H]4[C@H](O)[C@@H](O)C(O)O[C@@H]4C(=O)O)[C@@H]3NC(C)=O)O[C@@H]2C(=O)O)O[C@H](CO)[C@H](O)[C@@H]1O[C@@H]1O[C@H](C(=O)O)[C@@H](O)[C@H](O)[C@H]1O. The molecular formula is C34H52N2O29. The standard InChI is InChI=1S/C34H52N2O29/c1-5(39)35-9-20(60-33-18(48)13(43)14(44)24(64-33)27(50)51)11(41)7(3-37)58-32(9)63-23-16(46)19(49)34(65-26(23)29(54)55)61-21-10(36-6(2)40)31(57-8(4-38)12(21)42)62-22-15(45)17(47)30(56)59-25(22)28(52)53/h7-26,30-34,37-38,41-49,56H,3-4H2,1-2H3,(H,35,39)(H,36,40)(H,50,51)(H,52,53)(H,54,55)/t7-,8-,9-,10-,11+,12+,13+,14+,15-,16-,17-,18-,19-,20-,21-,22+,23+,24+,25+,26+,30?,31+,32+,33-,34-/m1/s1. The van der Waals surface area contributed by atoms with Crippen LogP contribution in [0, 0.1) is 0 Å². The van der Waals surface area contributed by atoms with Gasteiger partial charge in [-0.3, -0.25) is 9.59 Å². The highest BCUT2D eigenvalue weighted by Crippen LogP contribution is 2.36. The molecule has 25 atom stereocenters. The zero-order valence-electron chi connectivity index (χ0n) is 33.8. The summed E-state index contributed by atoms with van der Waals surface area (Å²) in [7, 11) is 0. The second-order valence-electron chi connectivity index (χ2n) is 15.5. The van der Waals surface area contributed by atoms with Crippen molar-refractivity contribution in [2.24, 2.45) is 0 Å². The van der Waals surface area contributed by atoms with Crippen LogP contribution in [0.5, 0.6) is 0 Å². The number of carboxylic acids is 3. The number of carboxylic acid groups (broad SMARTS) is 3. The van der Waals surface area contributed by atoms with Crippen molar-refractivity contribution in [1.82, 2.24) is 10.6 Å². The molecule has 0 aromatic carbocycles. The van der Waals surface area contributed by atoms with E-state index in [0.717, 1.165) is 13.8 Å². The number of aliphatic carboxylic acids is 3. The van der Waals surface area contributed by atoms with Gasteiger partial charge in [-0.05, 0) is 0 Å². The molecule has 372 valence electrons. The van der Waals surface area contributed by atoms with E-state index in [0.29, 0.717) is 0 Å². The fourth-order valence-electron chi connectivity index (χ4n) is 7.75. The second kappa shape index (κ2) is 21.6. The molecule has 0 radical (unpaired) electrons. The van der Waals surface area contributed by atoms with Crippen LogP contribution in [-0.2, 0) is 66.6 Å². The summed E-state index contributed by atoms with van der Waals surface area (Å²) >= 11 is 0. The van der Waals surface area contributed by atoms with Gasteiger partial charge in [-0.15, -0.1) is 0 Å². The van der Waals surface area contributed by atoms with Gasteiger partial charge in [0.1, 0.15) is 104 Å². The Morgan fingerprint density at radius 1 is 0.415 bits per heavy atom. The molecule has 0 aliphatic carbocycles. The Morgan fingerprint density at radius 2 is 0.769 bits per heavy atom. The minimum atomic E-state index is -2.46. The van der Waals surface area contributed by atoms with Crippen molar-refractivity contribution in [2.75, 3.05) is 13.2 Å². The quantitative estimate of drug-likeness (QED) is 0.0725. The third kappa shape index (κ3) is 11.1. The Balaban J connectivity index is 1.42. The molecule has 5 aliphatic heterocycles. The van der Waals surface area contributed by atoms with E-state index in [-0.39, 0.29) is 0 Å². The molecular weight excluding hydrogens is 900 g/mol. The van der Waals surface area contributed by atoms with E-state index in [2.05, 4.69) is 10.6 Å². The molecule has 5 aliphatic rings. The van der Waals surface area contributed by atoms with Crippen LogP contribution < -0.4 is 10.6 Å². The molecule has 0 aromatic heterocycles. The zero-order valence-corrected chi connectivity index (χ0v) is 33.8. The van der Waals surface area contributed by atoms with Gasteiger partial charge < -0.3 is 130 Å². The lowest BCUT2D eigenvalue weighted by Crippen LogP contribution is -2.71. The molecule has 0 bridgehead atoms. The first-order chi connectivity index (χ1) is 30.4. The van der Waals surface area contributed by atoms with Crippen molar-refractivity contribution in [1.29, 1.82) is 0 Å². The van der Waals surface area contributed by atoms with E-state index in [1.165, 1.54) is 0 Å². The Kier molecular flexibility index (Phi) is 17.5. The highest BCUT2D eigenvalue weighted by Gasteiger charge is 2.59. The van der Waals surface area contributed by atoms with Crippen LogP contribution >= 0.6 is 0 Å². The maximum absolute atomic E-state index is 12.7. The van der Waals surface area contributed by atoms with Crippen molar-refractivity contribution in [3.63, 3.8) is 0 Å². The summed E-state index contributed by atoms with van der Waals surface area (Å²) in [6.45, 7) is -0.308. The lowest BCUT2D eigenvalue weighted by atomic mass is 9.93. The van der Waals surface area contributed by atoms with Gasteiger partial charge in [-0.1, -0.05) is 0 Å². The van der Waals surface area contributed by atoms with Gasteiger partial charge in [0.15, 0.2) is 49.8 Å². The van der Waals surface area contributed by atoms with E-state index in [9.17, 15) is 101 Å². The summed E-state index contributed by atoms with van der Waals surface area (Å²) in [4.78, 5) is 61.3. The van der Waals surface area contributed by atoms with Gasteiger partial charge in [0, 0.05) is 13.8 Å². The number of nitrogens with one attached hydrogen (secondary N) is 2. The third-order valence-corrected chi connectivity index (χ3v) is 11.0. The van der Waals surface area contributed by atoms with Gasteiger partial charge in [-0.25, -0.2) is 14.4 Å². The van der Waals surface area contributed by atoms with Crippen molar-refractivity contribution >= 4 is 29.7 Å². The van der Waals surface area contributed by atoms with Crippen LogP contribution in [0.4, 0.5) is 0 Å². The average Bonchev–Trinajstić information content (AvgIpc) is 3.23. The van der Waals surface area contributed by atoms with E-state index in [1.54, 1.807) is 0 Å². The summed E-state index contributed by atoms with van der Waals surface area (Å²) < 4.78 is 49.3. The van der Waals surface area contributed by atoms with E-state index < -0.39 is 196 Å². The topological polar surface area (TPSA) is 496 Å². The van der Waals surface area contributed by atoms with Gasteiger partial charge in [0.25, 0.3) is 0 Å². The number of carbonyl (C=O) groups is 5. The van der Waals surface area contributed by atoms with Crippen LogP contribution in [0.2, 0.25) is 0 Å². The van der Waals surface area contributed by atoms with E-state index in [4.69, 9.17) is 42.6 Å². The third-order valence-electron chi connectivity index (χ3n) is 11.0. The average molecular weight is 953 g/mol. The number of rotatable bonds is 15. The Bertz CT molecular complexity index is 1680. The number of aliphatic hydroxyl groups is 12. The first kappa shape index (κ1) is 52.5. The minimum absolute atomic E-state index is 0.925. The molecule has 5 rings (SSSR count). The first-order valence-corrected chi connectivity index (χ1v) is 19.6. The summed E-state index contributed by atoms with van der Waals surface area (Å²) in [5.74, 6) is -7.49.